The average molecular weight is 312 g/mol. The van der Waals surface area contributed by atoms with E-state index in [1.54, 1.807) is 12.1 Å². The standard InChI is InChI=1S/C14H24N4O2S/c1-11(2)18-6-5-12(10-18)8-17-21(19,20)14-4-3-13(7-15)16-9-14/h3-4,9,11-12,17H,5-8,10,15H2,1-2H3. The van der Waals surface area contributed by atoms with Crippen molar-refractivity contribution in [2.24, 2.45) is 11.7 Å². The lowest BCUT2D eigenvalue weighted by Gasteiger charge is -2.20. The van der Waals surface area contributed by atoms with E-state index < -0.39 is 10.0 Å². The van der Waals surface area contributed by atoms with Gasteiger partial charge in [-0.3, -0.25) is 4.98 Å². The Morgan fingerprint density at radius 2 is 2.24 bits per heavy atom. The van der Waals surface area contributed by atoms with E-state index in [0.29, 0.717) is 30.7 Å². The van der Waals surface area contributed by atoms with Gasteiger partial charge in [0.15, 0.2) is 0 Å². The number of nitrogens with zero attached hydrogens (tertiary/aromatic N) is 2. The summed E-state index contributed by atoms with van der Waals surface area (Å²) >= 11 is 0. The molecule has 2 rings (SSSR count). The molecule has 1 aromatic rings. The highest BCUT2D eigenvalue weighted by atomic mass is 32.2. The number of nitrogens with one attached hydrogen (secondary N) is 1. The monoisotopic (exact) mass is 312 g/mol. The van der Waals surface area contributed by atoms with Crippen molar-refractivity contribution in [3.63, 3.8) is 0 Å². The Kier molecular flexibility index (Phi) is 5.32. The minimum absolute atomic E-state index is 0.193. The summed E-state index contributed by atoms with van der Waals surface area (Å²) in [5.41, 5.74) is 6.13. The lowest BCUT2D eigenvalue weighted by molar-refractivity contribution is 0.265. The molecule has 1 aliphatic heterocycles. The van der Waals surface area contributed by atoms with E-state index in [-0.39, 0.29) is 4.90 Å². The third-order valence-corrected chi connectivity index (χ3v) is 5.34. The van der Waals surface area contributed by atoms with E-state index in [9.17, 15) is 8.42 Å². The highest BCUT2D eigenvalue weighted by Crippen LogP contribution is 2.18. The minimum Gasteiger partial charge on any atom is -0.325 e. The molecular weight excluding hydrogens is 288 g/mol. The first-order valence-electron chi connectivity index (χ1n) is 7.31. The molecule has 1 aliphatic rings. The van der Waals surface area contributed by atoms with Gasteiger partial charge in [-0.25, -0.2) is 13.1 Å². The molecule has 0 bridgehead atoms. The molecule has 1 saturated heterocycles. The highest BCUT2D eigenvalue weighted by molar-refractivity contribution is 7.89. The Morgan fingerprint density at radius 1 is 1.48 bits per heavy atom. The normalized spacial score (nSPS) is 20.3. The molecule has 1 unspecified atom stereocenters. The van der Waals surface area contributed by atoms with Crippen molar-refractivity contribution >= 4 is 10.0 Å². The molecule has 0 aliphatic carbocycles. The largest absolute Gasteiger partial charge is 0.325 e. The summed E-state index contributed by atoms with van der Waals surface area (Å²) in [5.74, 6) is 0.374. The average Bonchev–Trinajstić information content (AvgIpc) is 2.94. The van der Waals surface area contributed by atoms with Crippen LogP contribution in [0.4, 0.5) is 0 Å². The predicted octanol–water partition coefficient (Wildman–Crippen LogP) is 0.549. The number of sulfonamides is 1. The van der Waals surface area contributed by atoms with Crippen LogP contribution in [-0.2, 0) is 16.6 Å². The fourth-order valence-electron chi connectivity index (χ4n) is 2.50. The minimum atomic E-state index is -3.48. The Morgan fingerprint density at radius 3 is 2.76 bits per heavy atom. The molecule has 6 nitrogen and oxygen atoms in total. The van der Waals surface area contributed by atoms with Crippen LogP contribution in [0.5, 0.6) is 0 Å². The zero-order valence-electron chi connectivity index (χ0n) is 12.6. The molecule has 21 heavy (non-hydrogen) atoms. The zero-order valence-corrected chi connectivity index (χ0v) is 13.4. The van der Waals surface area contributed by atoms with Crippen LogP contribution in [0.15, 0.2) is 23.2 Å². The van der Waals surface area contributed by atoms with E-state index in [2.05, 4.69) is 28.5 Å². The van der Waals surface area contributed by atoms with Gasteiger partial charge < -0.3 is 10.6 Å². The number of pyridine rings is 1. The fourth-order valence-corrected chi connectivity index (χ4v) is 3.56. The van der Waals surface area contributed by atoms with Crippen molar-refractivity contribution in [1.29, 1.82) is 0 Å². The second-order valence-electron chi connectivity index (χ2n) is 5.78. The summed E-state index contributed by atoms with van der Waals surface area (Å²) in [6.07, 6.45) is 2.39. The molecule has 7 heteroatoms. The first-order chi connectivity index (χ1) is 9.92. The molecule has 1 fully saturated rings. The van der Waals surface area contributed by atoms with Crippen LogP contribution in [0.3, 0.4) is 0 Å². The Balaban J connectivity index is 1.92. The third-order valence-electron chi connectivity index (χ3n) is 3.93. The fraction of sp³-hybridized carbons (Fsp3) is 0.643. The molecule has 1 atom stereocenters. The van der Waals surface area contributed by atoms with Crippen LogP contribution >= 0.6 is 0 Å². The Bertz CT molecular complexity index is 557. The van der Waals surface area contributed by atoms with Crippen LogP contribution in [-0.4, -0.2) is 44.0 Å². The topological polar surface area (TPSA) is 88.3 Å². The molecule has 1 aromatic heterocycles. The predicted molar refractivity (Wildman–Crippen MR) is 82.1 cm³/mol. The van der Waals surface area contributed by atoms with Crippen LogP contribution in [0, 0.1) is 5.92 Å². The van der Waals surface area contributed by atoms with E-state index in [1.165, 1.54) is 6.20 Å². The number of likely N-dealkylation sites (tertiary alicyclic amines) is 1. The number of hydrogen-bond acceptors (Lipinski definition) is 5. The molecule has 0 radical (unpaired) electrons. The molecule has 118 valence electrons. The number of nitrogens with two attached hydrogens (primary N) is 1. The molecular formula is C14H24N4O2S. The lowest BCUT2D eigenvalue weighted by Crippen LogP contribution is -2.33. The van der Waals surface area contributed by atoms with E-state index in [4.69, 9.17) is 5.73 Å². The Hall–Kier alpha value is -1.02. The summed E-state index contributed by atoms with van der Waals surface area (Å²) in [6, 6.07) is 3.71. The van der Waals surface area contributed by atoms with Crippen molar-refractivity contribution in [1.82, 2.24) is 14.6 Å². The summed E-state index contributed by atoms with van der Waals surface area (Å²) in [6.45, 7) is 7.10. The van der Waals surface area contributed by atoms with Gasteiger partial charge in [-0.15, -0.1) is 0 Å². The van der Waals surface area contributed by atoms with Crippen molar-refractivity contribution in [2.75, 3.05) is 19.6 Å². The molecule has 2 heterocycles. The second kappa shape index (κ2) is 6.83. The molecule has 0 amide bonds. The van der Waals surface area contributed by atoms with Crippen LogP contribution in [0.1, 0.15) is 26.0 Å². The van der Waals surface area contributed by atoms with E-state index in [1.807, 2.05) is 0 Å². The van der Waals surface area contributed by atoms with Gasteiger partial charge in [-0.2, -0.15) is 0 Å². The van der Waals surface area contributed by atoms with Gasteiger partial charge in [0.05, 0.1) is 5.69 Å². The number of rotatable bonds is 6. The van der Waals surface area contributed by atoms with Gasteiger partial charge in [0.2, 0.25) is 10.0 Å². The number of aromatic nitrogens is 1. The summed E-state index contributed by atoms with van der Waals surface area (Å²) in [4.78, 5) is 6.59. The SMILES string of the molecule is CC(C)N1CCC(CNS(=O)(=O)c2ccc(CN)nc2)C1. The second-order valence-corrected chi connectivity index (χ2v) is 7.55. The maximum absolute atomic E-state index is 12.2. The van der Waals surface area contributed by atoms with Crippen LogP contribution in [0.25, 0.3) is 0 Å². The quantitative estimate of drug-likeness (QED) is 0.801. The van der Waals surface area contributed by atoms with Crippen LogP contribution in [0.2, 0.25) is 0 Å². The van der Waals surface area contributed by atoms with Crippen molar-refractivity contribution in [2.45, 2.75) is 37.8 Å². The van der Waals surface area contributed by atoms with Crippen molar-refractivity contribution in [3.05, 3.63) is 24.0 Å². The third kappa shape index (κ3) is 4.23. The Labute approximate surface area is 126 Å². The molecule has 0 spiro atoms. The summed E-state index contributed by atoms with van der Waals surface area (Å²) in [5, 5.41) is 0. The van der Waals surface area contributed by atoms with Gasteiger partial charge in [0.1, 0.15) is 4.90 Å². The van der Waals surface area contributed by atoms with Crippen molar-refractivity contribution in [3.8, 4) is 0 Å². The van der Waals surface area contributed by atoms with Crippen molar-refractivity contribution < 1.29 is 8.42 Å². The van der Waals surface area contributed by atoms with E-state index >= 15 is 0 Å². The van der Waals surface area contributed by atoms with Gasteiger partial charge in [-0.05, 0) is 44.9 Å². The van der Waals surface area contributed by atoms with Gasteiger partial charge >= 0.3 is 0 Å². The maximum Gasteiger partial charge on any atom is 0.242 e. The highest BCUT2D eigenvalue weighted by Gasteiger charge is 2.25. The lowest BCUT2D eigenvalue weighted by atomic mass is 10.1. The summed E-state index contributed by atoms with van der Waals surface area (Å²) in [7, 11) is -3.48. The first-order valence-corrected chi connectivity index (χ1v) is 8.79. The van der Waals surface area contributed by atoms with Gasteiger partial charge in [-0.1, -0.05) is 0 Å². The smallest absolute Gasteiger partial charge is 0.242 e. The first kappa shape index (κ1) is 16.4. The van der Waals surface area contributed by atoms with Crippen LogP contribution < -0.4 is 10.5 Å². The molecule has 0 aromatic carbocycles. The molecule has 0 saturated carbocycles. The zero-order chi connectivity index (χ0) is 15.5. The molecule has 3 N–H and O–H groups in total. The van der Waals surface area contributed by atoms with E-state index in [0.717, 1.165) is 19.5 Å². The van der Waals surface area contributed by atoms with Gasteiger partial charge in [0, 0.05) is 31.9 Å². The summed E-state index contributed by atoms with van der Waals surface area (Å²) < 4.78 is 27.1. The number of hydrogen-bond donors (Lipinski definition) is 2. The van der Waals surface area contributed by atoms with Gasteiger partial charge in [0.25, 0.3) is 0 Å². The maximum atomic E-state index is 12.2.